The molecule has 18 heavy (non-hydrogen) atoms. The summed E-state index contributed by atoms with van der Waals surface area (Å²) < 4.78 is 0. The minimum absolute atomic E-state index is 0.0195. The van der Waals surface area contributed by atoms with Gasteiger partial charge >= 0.3 is 0 Å². The molecule has 1 fully saturated rings. The number of hydrogen-bond acceptors (Lipinski definition) is 4. The van der Waals surface area contributed by atoms with E-state index >= 15 is 0 Å². The van der Waals surface area contributed by atoms with Crippen molar-refractivity contribution in [2.24, 2.45) is 11.3 Å². The first-order valence-electron chi connectivity index (χ1n) is 6.78. The molecule has 0 bridgehead atoms. The van der Waals surface area contributed by atoms with Gasteiger partial charge in [0.25, 0.3) is 0 Å². The van der Waals surface area contributed by atoms with Gasteiger partial charge < -0.3 is 10.0 Å². The zero-order chi connectivity index (χ0) is 13.0. The Hall–Kier alpha value is -1.16. The summed E-state index contributed by atoms with van der Waals surface area (Å²) in [6.45, 7) is 6.55. The summed E-state index contributed by atoms with van der Waals surface area (Å²) in [7, 11) is 0. The third-order valence-corrected chi connectivity index (χ3v) is 3.67. The van der Waals surface area contributed by atoms with Crippen LogP contribution in [0.5, 0.6) is 0 Å². The van der Waals surface area contributed by atoms with Crippen molar-refractivity contribution < 1.29 is 5.11 Å². The second kappa shape index (κ2) is 5.65. The van der Waals surface area contributed by atoms with Gasteiger partial charge in [-0.2, -0.15) is 0 Å². The van der Waals surface area contributed by atoms with Crippen molar-refractivity contribution in [2.45, 2.75) is 33.1 Å². The van der Waals surface area contributed by atoms with Crippen molar-refractivity contribution in [3.05, 3.63) is 18.5 Å². The van der Waals surface area contributed by atoms with Gasteiger partial charge in [0, 0.05) is 30.9 Å². The SMILES string of the molecule is CC(C)CC1(CO)CCCN(c2ncccn2)C1. The van der Waals surface area contributed by atoms with Gasteiger partial charge in [0.15, 0.2) is 0 Å². The highest BCUT2D eigenvalue weighted by Crippen LogP contribution is 2.36. The first kappa shape index (κ1) is 13.3. The molecule has 4 nitrogen and oxygen atoms in total. The minimum Gasteiger partial charge on any atom is -0.396 e. The van der Waals surface area contributed by atoms with Gasteiger partial charge in [0.1, 0.15) is 0 Å². The molecule has 2 heterocycles. The van der Waals surface area contributed by atoms with E-state index in [4.69, 9.17) is 0 Å². The largest absolute Gasteiger partial charge is 0.396 e. The van der Waals surface area contributed by atoms with Crippen molar-refractivity contribution in [3.63, 3.8) is 0 Å². The smallest absolute Gasteiger partial charge is 0.225 e. The van der Waals surface area contributed by atoms with Crippen LogP contribution in [0.2, 0.25) is 0 Å². The summed E-state index contributed by atoms with van der Waals surface area (Å²) in [5.41, 5.74) is 0.0195. The maximum absolute atomic E-state index is 9.79. The number of anilines is 1. The second-order valence-electron chi connectivity index (χ2n) is 5.83. The summed E-state index contributed by atoms with van der Waals surface area (Å²) in [5, 5.41) is 9.79. The topological polar surface area (TPSA) is 49.2 Å². The lowest BCUT2D eigenvalue weighted by atomic mass is 9.74. The molecule has 1 atom stereocenters. The summed E-state index contributed by atoms with van der Waals surface area (Å²) in [6.07, 6.45) is 6.82. The van der Waals surface area contributed by atoms with Gasteiger partial charge in [-0.1, -0.05) is 13.8 Å². The molecular weight excluding hydrogens is 226 g/mol. The van der Waals surface area contributed by atoms with Gasteiger partial charge in [-0.25, -0.2) is 9.97 Å². The number of aliphatic hydroxyl groups excluding tert-OH is 1. The molecule has 2 rings (SSSR count). The second-order valence-corrected chi connectivity index (χ2v) is 5.83. The molecule has 1 saturated heterocycles. The van der Waals surface area contributed by atoms with E-state index in [1.54, 1.807) is 12.4 Å². The third-order valence-electron chi connectivity index (χ3n) is 3.67. The van der Waals surface area contributed by atoms with Crippen LogP contribution >= 0.6 is 0 Å². The number of nitrogens with zero attached hydrogens (tertiary/aromatic N) is 3. The van der Waals surface area contributed by atoms with Gasteiger partial charge in [0.2, 0.25) is 5.95 Å². The summed E-state index contributed by atoms with van der Waals surface area (Å²) >= 11 is 0. The molecule has 0 amide bonds. The van der Waals surface area contributed by atoms with Crippen LogP contribution in [-0.2, 0) is 0 Å². The number of aliphatic hydroxyl groups is 1. The molecule has 0 aliphatic carbocycles. The van der Waals surface area contributed by atoms with Crippen LogP contribution in [0.25, 0.3) is 0 Å². The van der Waals surface area contributed by atoms with E-state index in [1.165, 1.54) is 0 Å². The van der Waals surface area contributed by atoms with E-state index in [1.807, 2.05) is 6.07 Å². The Morgan fingerprint density at radius 3 is 2.72 bits per heavy atom. The average molecular weight is 249 g/mol. The lowest BCUT2D eigenvalue weighted by molar-refractivity contribution is 0.0828. The zero-order valence-corrected chi connectivity index (χ0v) is 11.3. The standard InChI is InChI=1S/C14H23N3O/c1-12(2)9-14(11-18)5-3-8-17(10-14)13-15-6-4-7-16-13/h4,6-7,12,18H,3,5,8-11H2,1-2H3. The van der Waals surface area contributed by atoms with Crippen LogP contribution in [0, 0.1) is 11.3 Å². The summed E-state index contributed by atoms with van der Waals surface area (Å²) in [5.74, 6) is 1.40. The fraction of sp³-hybridized carbons (Fsp3) is 0.714. The van der Waals surface area contributed by atoms with Crippen molar-refractivity contribution in [1.82, 2.24) is 9.97 Å². The van der Waals surface area contributed by atoms with Gasteiger partial charge in [-0.05, 0) is 31.2 Å². The highest BCUT2D eigenvalue weighted by molar-refractivity contribution is 5.30. The Morgan fingerprint density at radius 1 is 1.39 bits per heavy atom. The van der Waals surface area contributed by atoms with Gasteiger partial charge in [-0.3, -0.25) is 0 Å². The van der Waals surface area contributed by atoms with E-state index < -0.39 is 0 Å². The molecular formula is C14H23N3O. The number of piperidine rings is 1. The maximum atomic E-state index is 9.79. The summed E-state index contributed by atoms with van der Waals surface area (Å²) in [4.78, 5) is 10.8. The Morgan fingerprint density at radius 2 is 2.11 bits per heavy atom. The van der Waals surface area contributed by atoms with Crippen molar-refractivity contribution in [1.29, 1.82) is 0 Å². The van der Waals surface area contributed by atoms with Gasteiger partial charge in [-0.15, -0.1) is 0 Å². The predicted octanol–water partition coefficient (Wildman–Crippen LogP) is 2.10. The Bertz CT molecular complexity index is 369. The molecule has 1 aromatic rings. The number of rotatable bonds is 4. The third kappa shape index (κ3) is 2.99. The Balaban J connectivity index is 2.12. The molecule has 0 aromatic carbocycles. The molecule has 1 aliphatic heterocycles. The van der Waals surface area contributed by atoms with Crippen molar-refractivity contribution >= 4 is 5.95 Å². The van der Waals surface area contributed by atoms with E-state index in [2.05, 4.69) is 28.7 Å². The van der Waals surface area contributed by atoms with Crippen LogP contribution in [0.1, 0.15) is 33.1 Å². The Kier molecular flexibility index (Phi) is 4.17. The first-order chi connectivity index (χ1) is 8.65. The number of aromatic nitrogens is 2. The molecule has 1 aromatic heterocycles. The molecule has 1 N–H and O–H groups in total. The normalized spacial score (nSPS) is 24.6. The molecule has 1 aliphatic rings. The van der Waals surface area contributed by atoms with Crippen LogP contribution in [0.3, 0.4) is 0 Å². The Labute approximate surface area is 109 Å². The lowest BCUT2D eigenvalue weighted by Crippen LogP contribution is -2.46. The van der Waals surface area contributed by atoms with Crippen LogP contribution < -0.4 is 4.90 Å². The fourth-order valence-electron chi connectivity index (χ4n) is 3.06. The molecule has 0 radical (unpaired) electrons. The van der Waals surface area contributed by atoms with E-state index in [0.29, 0.717) is 5.92 Å². The highest BCUT2D eigenvalue weighted by atomic mass is 16.3. The monoisotopic (exact) mass is 249 g/mol. The van der Waals surface area contributed by atoms with Crippen LogP contribution in [0.15, 0.2) is 18.5 Å². The van der Waals surface area contributed by atoms with E-state index in [0.717, 1.165) is 38.3 Å². The van der Waals surface area contributed by atoms with Crippen molar-refractivity contribution in [3.8, 4) is 0 Å². The molecule has 100 valence electrons. The molecule has 1 unspecified atom stereocenters. The highest BCUT2D eigenvalue weighted by Gasteiger charge is 2.36. The lowest BCUT2D eigenvalue weighted by Gasteiger charge is -2.42. The van der Waals surface area contributed by atoms with Crippen molar-refractivity contribution in [2.75, 3.05) is 24.6 Å². The maximum Gasteiger partial charge on any atom is 0.225 e. The van der Waals surface area contributed by atoms with Crippen LogP contribution in [-0.4, -0.2) is 34.8 Å². The van der Waals surface area contributed by atoms with E-state index in [9.17, 15) is 5.11 Å². The fourth-order valence-corrected chi connectivity index (χ4v) is 3.06. The average Bonchev–Trinajstić information content (AvgIpc) is 2.39. The van der Waals surface area contributed by atoms with Gasteiger partial charge in [0.05, 0.1) is 6.61 Å². The first-order valence-corrected chi connectivity index (χ1v) is 6.78. The number of hydrogen-bond donors (Lipinski definition) is 1. The quantitative estimate of drug-likeness (QED) is 0.888. The molecule has 0 saturated carbocycles. The molecule has 4 heteroatoms. The minimum atomic E-state index is 0.0195. The van der Waals surface area contributed by atoms with Crippen LogP contribution in [0.4, 0.5) is 5.95 Å². The molecule has 0 spiro atoms. The predicted molar refractivity (Wildman–Crippen MR) is 72.5 cm³/mol. The zero-order valence-electron chi connectivity index (χ0n) is 11.3. The van der Waals surface area contributed by atoms with E-state index in [-0.39, 0.29) is 12.0 Å². The summed E-state index contributed by atoms with van der Waals surface area (Å²) in [6, 6.07) is 1.83.